The topological polar surface area (TPSA) is 109 Å². The zero-order chi connectivity index (χ0) is 24.2. The average molecular weight is 458 g/mol. The molecule has 32 heavy (non-hydrogen) atoms. The first-order valence-corrected chi connectivity index (χ1v) is 9.83. The van der Waals surface area contributed by atoms with Crippen LogP contribution >= 0.6 is 11.6 Å². The number of imidazole rings is 1. The minimum atomic E-state index is -0.944. The molecule has 0 radical (unpaired) electrons. The van der Waals surface area contributed by atoms with E-state index in [2.05, 4.69) is 23.5 Å². The van der Waals surface area contributed by atoms with Crippen molar-refractivity contribution >= 4 is 46.9 Å². The number of aromatic nitrogens is 2. The summed E-state index contributed by atoms with van der Waals surface area (Å²) >= 11 is 5.91. The van der Waals surface area contributed by atoms with Gasteiger partial charge in [-0.15, -0.1) is 0 Å². The molecule has 1 aromatic carbocycles. The first-order chi connectivity index (χ1) is 15.1. The lowest BCUT2D eigenvalue weighted by Gasteiger charge is -2.15. The van der Waals surface area contributed by atoms with Crippen LogP contribution in [0.4, 0.5) is 10.1 Å². The highest BCUT2D eigenvalue weighted by Crippen LogP contribution is 2.33. The molecule has 0 saturated heterocycles. The number of ketones is 1. The third kappa shape index (κ3) is 4.31. The van der Waals surface area contributed by atoms with E-state index in [1.807, 2.05) is 19.9 Å². The lowest BCUT2D eigenvalue weighted by molar-refractivity contribution is -0.107. The first kappa shape index (κ1) is 24.5. The van der Waals surface area contributed by atoms with Crippen molar-refractivity contribution in [3.63, 3.8) is 0 Å². The van der Waals surface area contributed by atoms with Crippen LogP contribution in [0.1, 0.15) is 42.2 Å². The van der Waals surface area contributed by atoms with E-state index in [4.69, 9.17) is 11.6 Å². The molecule has 1 heterocycles. The number of amides is 2. The van der Waals surface area contributed by atoms with Gasteiger partial charge in [-0.3, -0.25) is 14.4 Å². The number of Topliss-reactive ketones (excluding diaryl/α,β-unsaturated/α-hetero) is 1. The quantitative estimate of drug-likeness (QED) is 0.267. The van der Waals surface area contributed by atoms with Gasteiger partial charge in [-0.25, -0.2) is 4.39 Å². The van der Waals surface area contributed by atoms with E-state index in [9.17, 15) is 24.0 Å². The van der Waals surface area contributed by atoms with Crippen molar-refractivity contribution in [3.05, 3.63) is 58.5 Å². The Hall–Kier alpha value is -3.77. The van der Waals surface area contributed by atoms with Crippen LogP contribution in [0.15, 0.2) is 46.7 Å². The van der Waals surface area contributed by atoms with Gasteiger partial charge in [-0.2, -0.15) is 10.3 Å². The Balaban J connectivity index is 3.15. The second-order valence-corrected chi connectivity index (χ2v) is 7.33. The number of fused-ring (bicyclic) bond motifs is 1. The summed E-state index contributed by atoms with van der Waals surface area (Å²) in [5.74, 6) is -1.78. The minimum absolute atomic E-state index is 0.00245. The number of halogens is 2. The number of anilines is 1. The van der Waals surface area contributed by atoms with E-state index in [1.54, 1.807) is 11.6 Å². The molecule has 1 unspecified atom stereocenters. The predicted octanol–water partition coefficient (Wildman–Crippen LogP) is 3.79. The number of hydrogen-bond acceptors (Lipinski definition) is 4. The summed E-state index contributed by atoms with van der Waals surface area (Å²) in [6, 6.07) is 3.34. The molecule has 2 amide bonds. The number of rotatable bonds is 9. The molecule has 1 aromatic heterocycles. The Bertz CT molecular complexity index is 1290. The highest BCUT2D eigenvalue weighted by atomic mass is 35.5. The summed E-state index contributed by atoms with van der Waals surface area (Å²) in [7, 11) is 1.59. The van der Waals surface area contributed by atoms with Gasteiger partial charge in [0.05, 0.1) is 27.8 Å². The van der Waals surface area contributed by atoms with Gasteiger partial charge in [0.15, 0.2) is 5.78 Å². The van der Waals surface area contributed by atoms with Gasteiger partial charge >= 0.3 is 0 Å². The molecular formula is C22H21ClFN5O3. The molecule has 0 spiro atoms. The molecule has 0 saturated carbocycles. The molecular weight excluding hydrogens is 437 g/mol. The lowest BCUT2D eigenvalue weighted by atomic mass is 9.94. The predicted molar refractivity (Wildman–Crippen MR) is 120 cm³/mol. The molecule has 10 heteroatoms. The maximum absolute atomic E-state index is 13.5. The van der Waals surface area contributed by atoms with Crippen LogP contribution in [0.25, 0.3) is 11.0 Å². The monoisotopic (exact) mass is 457 g/mol. The summed E-state index contributed by atoms with van der Waals surface area (Å²) in [4.78, 5) is 39.7. The Kier molecular flexibility index (Phi) is 7.67. The smallest absolute Gasteiger partial charge is 0.236 e. The summed E-state index contributed by atoms with van der Waals surface area (Å²) in [5.41, 5.74) is 0.357. The van der Waals surface area contributed by atoms with Crippen LogP contribution in [-0.4, -0.2) is 27.7 Å². The van der Waals surface area contributed by atoms with Gasteiger partial charge in [-0.1, -0.05) is 31.7 Å². The van der Waals surface area contributed by atoms with E-state index in [-0.39, 0.29) is 39.1 Å². The number of carbonyl (C=O) groups excluding carboxylic acids is 3. The SMILES string of the molecule is C=C(F)/C=C(\C(=C)Cl)C(=O)c1c(NC=O)cc2c(c1C#N)n(C)c(=NC=O)n2C(C)CC. The van der Waals surface area contributed by atoms with Gasteiger partial charge in [0, 0.05) is 23.7 Å². The van der Waals surface area contributed by atoms with Crippen molar-refractivity contribution in [2.45, 2.75) is 26.3 Å². The summed E-state index contributed by atoms with van der Waals surface area (Å²) < 4.78 is 16.7. The summed E-state index contributed by atoms with van der Waals surface area (Å²) in [6.07, 6.45) is 2.19. The van der Waals surface area contributed by atoms with E-state index in [0.717, 1.165) is 6.08 Å². The lowest BCUT2D eigenvalue weighted by Crippen LogP contribution is -2.26. The summed E-state index contributed by atoms with van der Waals surface area (Å²) in [6.45, 7) is 10.4. The fourth-order valence-electron chi connectivity index (χ4n) is 3.44. The number of hydrogen-bond donors (Lipinski definition) is 1. The van der Waals surface area contributed by atoms with Crippen LogP contribution in [0.3, 0.4) is 0 Å². The Morgan fingerprint density at radius 3 is 2.56 bits per heavy atom. The van der Waals surface area contributed by atoms with Crippen LogP contribution in [0.2, 0.25) is 0 Å². The zero-order valence-corrected chi connectivity index (χ0v) is 18.5. The van der Waals surface area contributed by atoms with Crippen LogP contribution in [0, 0.1) is 11.3 Å². The van der Waals surface area contributed by atoms with Crippen molar-refractivity contribution in [1.29, 1.82) is 5.26 Å². The van der Waals surface area contributed by atoms with Crippen LogP contribution < -0.4 is 10.9 Å². The first-order valence-electron chi connectivity index (χ1n) is 9.45. The van der Waals surface area contributed by atoms with Crippen molar-refractivity contribution in [1.82, 2.24) is 9.13 Å². The van der Waals surface area contributed by atoms with E-state index in [1.165, 1.54) is 10.6 Å². The van der Waals surface area contributed by atoms with Crippen molar-refractivity contribution in [2.75, 3.05) is 5.32 Å². The third-order valence-electron chi connectivity index (χ3n) is 4.98. The standard InChI is InChI=1S/C22H21ClFN5O3/c1-6-13(3)29-18-8-17(26-10-30)19(21(32)15(14(4)23)7-12(2)24)16(9-25)20(18)28(5)22(29)27-11-31/h7-8,10-11,13H,2,4,6H2,1,3,5H3,(H,26,30)/b15-7+,27-22?. The van der Waals surface area contributed by atoms with Gasteiger partial charge in [0.1, 0.15) is 11.9 Å². The molecule has 0 bridgehead atoms. The summed E-state index contributed by atoms with van der Waals surface area (Å²) in [5, 5.41) is 12.2. The number of nitrogens with zero attached hydrogens (tertiary/aromatic N) is 4. The molecule has 8 nitrogen and oxygen atoms in total. The molecule has 0 aliphatic rings. The molecule has 2 aromatic rings. The zero-order valence-electron chi connectivity index (χ0n) is 17.8. The molecule has 166 valence electrons. The fourth-order valence-corrected chi connectivity index (χ4v) is 3.58. The van der Waals surface area contributed by atoms with Gasteiger partial charge < -0.3 is 14.5 Å². The van der Waals surface area contributed by atoms with E-state index >= 15 is 0 Å². The molecule has 0 aliphatic heterocycles. The number of carbonyl (C=O) groups is 3. The molecule has 1 N–H and O–H groups in total. The average Bonchev–Trinajstić information content (AvgIpc) is 3.01. The number of nitrogens with one attached hydrogen (secondary N) is 1. The Labute approximate surface area is 188 Å². The normalized spacial score (nSPS) is 12.9. The molecule has 1 atom stereocenters. The minimum Gasteiger partial charge on any atom is -0.328 e. The van der Waals surface area contributed by atoms with Crippen molar-refractivity contribution in [3.8, 4) is 6.07 Å². The van der Waals surface area contributed by atoms with E-state index in [0.29, 0.717) is 30.3 Å². The van der Waals surface area contributed by atoms with Gasteiger partial charge in [0.25, 0.3) is 0 Å². The third-order valence-corrected chi connectivity index (χ3v) is 5.18. The highest BCUT2D eigenvalue weighted by Gasteiger charge is 2.27. The second kappa shape index (κ2) is 10.0. The number of aryl methyl sites for hydroxylation is 1. The van der Waals surface area contributed by atoms with E-state index < -0.39 is 11.6 Å². The van der Waals surface area contributed by atoms with Crippen LogP contribution in [0.5, 0.6) is 0 Å². The number of nitriles is 1. The Morgan fingerprint density at radius 1 is 1.44 bits per heavy atom. The largest absolute Gasteiger partial charge is 0.328 e. The van der Waals surface area contributed by atoms with Crippen molar-refractivity contribution in [2.24, 2.45) is 12.0 Å². The van der Waals surface area contributed by atoms with Crippen molar-refractivity contribution < 1.29 is 18.8 Å². The molecule has 2 rings (SSSR count). The van der Waals surface area contributed by atoms with Gasteiger partial charge in [-0.05, 0) is 25.5 Å². The van der Waals surface area contributed by atoms with Gasteiger partial charge in [0.2, 0.25) is 18.4 Å². The maximum atomic E-state index is 13.5. The number of allylic oxidation sites excluding steroid dienone is 4. The molecule has 0 fully saturated rings. The molecule has 0 aliphatic carbocycles. The fraction of sp³-hybridized carbons (Fsp3) is 0.227. The number of benzene rings is 1. The highest BCUT2D eigenvalue weighted by molar-refractivity contribution is 6.37. The second-order valence-electron chi connectivity index (χ2n) is 6.88. The van der Waals surface area contributed by atoms with Crippen LogP contribution in [-0.2, 0) is 16.6 Å². The maximum Gasteiger partial charge on any atom is 0.236 e. The Morgan fingerprint density at radius 2 is 2.09 bits per heavy atom.